The van der Waals surface area contributed by atoms with E-state index in [9.17, 15) is 12.8 Å². The highest BCUT2D eigenvalue weighted by Gasteiger charge is 2.44. The second-order valence-electron chi connectivity index (χ2n) is 6.74. The molecule has 0 amide bonds. The molecule has 0 spiro atoms. The molecule has 3 heterocycles. The molecule has 1 atom stereocenters. The Bertz CT molecular complexity index is 1160. The molecule has 1 fully saturated rings. The number of nitrogens with zero attached hydrogens (tertiary/aromatic N) is 2. The largest absolute Gasteiger partial charge is 0.445 e. The molecule has 1 aliphatic heterocycles. The topological polar surface area (TPSA) is 99.3 Å². The van der Waals surface area contributed by atoms with Gasteiger partial charge in [-0.05, 0) is 30.7 Å². The van der Waals surface area contributed by atoms with Gasteiger partial charge in [0.05, 0.1) is 22.4 Å². The van der Waals surface area contributed by atoms with Crippen LogP contribution in [0.25, 0.3) is 21.9 Å². The summed E-state index contributed by atoms with van der Waals surface area (Å²) in [6.45, 7) is 1.59. The van der Waals surface area contributed by atoms with E-state index in [4.69, 9.17) is 9.83 Å². The van der Waals surface area contributed by atoms with Gasteiger partial charge in [-0.2, -0.15) is 0 Å². The fraction of sp³-hybridized carbons (Fsp3) is 0.222. The van der Waals surface area contributed by atoms with Crippen LogP contribution >= 0.6 is 11.3 Å². The van der Waals surface area contributed by atoms with E-state index in [2.05, 4.69) is 10.3 Å². The molecule has 0 unspecified atom stereocenters. The number of nitrogens with one attached hydrogen (secondary N) is 2. The van der Waals surface area contributed by atoms with Gasteiger partial charge in [0.15, 0.2) is 0 Å². The molecule has 0 radical (unpaired) electrons. The zero-order chi connectivity index (χ0) is 20.1. The minimum Gasteiger partial charge on any atom is -0.445 e. The fourth-order valence-electron chi connectivity index (χ4n) is 3.16. The molecule has 1 aliphatic rings. The summed E-state index contributed by atoms with van der Waals surface area (Å²) >= 11 is 1.16. The smallest absolute Gasteiger partial charge is 0.239 e. The number of guanidine groups is 1. The van der Waals surface area contributed by atoms with Crippen molar-refractivity contribution in [2.24, 2.45) is 0 Å². The van der Waals surface area contributed by atoms with E-state index < -0.39 is 21.4 Å². The molecule has 4 rings (SSSR count). The molecule has 2 aromatic heterocycles. The van der Waals surface area contributed by atoms with Gasteiger partial charge < -0.3 is 9.73 Å². The Labute approximate surface area is 165 Å². The summed E-state index contributed by atoms with van der Waals surface area (Å²) in [6.07, 6.45) is 3.03. The Morgan fingerprint density at radius 1 is 1.36 bits per heavy atom. The number of hydrogen-bond acceptors (Lipinski definition) is 6. The number of halogens is 1. The van der Waals surface area contributed by atoms with Crippen LogP contribution in [0.2, 0.25) is 0 Å². The highest BCUT2D eigenvalue weighted by Crippen LogP contribution is 2.39. The van der Waals surface area contributed by atoms with E-state index in [0.717, 1.165) is 26.8 Å². The third-order valence-corrected chi connectivity index (χ3v) is 7.99. The summed E-state index contributed by atoms with van der Waals surface area (Å²) in [4.78, 5) is 5.00. The molecular weight excluding hydrogens is 403 g/mol. The normalized spacial score (nSPS) is 21.5. The van der Waals surface area contributed by atoms with Crippen molar-refractivity contribution in [1.29, 1.82) is 5.41 Å². The second kappa shape index (κ2) is 6.42. The molecule has 1 saturated heterocycles. The standard InChI is InChI=1S/C18H17FN4O3S2/c1-18(10-28(24,25)23(2)17(20)22-18)15-13(19)9-14(27-15)11-4-3-5-12(8-11)16-21-6-7-26-16/h3-9H,10H2,1-2H3,(H2,20,22)/t18-/m0/s1. The fourth-order valence-corrected chi connectivity index (χ4v) is 5.84. The van der Waals surface area contributed by atoms with E-state index in [1.807, 2.05) is 24.3 Å². The molecule has 1 aromatic carbocycles. The Kier molecular flexibility index (Phi) is 4.27. The minimum atomic E-state index is -3.71. The van der Waals surface area contributed by atoms with Gasteiger partial charge in [-0.25, -0.2) is 22.1 Å². The van der Waals surface area contributed by atoms with Crippen LogP contribution in [-0.4, -0.2) is 36.5 Å². The number of thiophene rings is 1. The Balaban J connectivity index is 1.74. The monoisotopic (exact) mass is 420 g/mol. The lowest BCUT2D eigenvalue weighted by atomic mass is 10.0. The zero-order valence-corrected chi connectivity index (χ0v) is 16.7. The number of aromatic nitrogens is 1. The summed E-state index contributed by atoms with van der Waals surface area (Å²) in [5.41, 5.74) is 0.293. The van der Waals surface area contributed by atoms with Crippen molar-refractivity contribution in [3.8, 4) is 21.9 Å². The first kappa shape index (κ1) is 18.6. The first-order chi connectivity index (χ1) is 13.2. The maximum atomic E-state index is 14.8. The molecule has 0 bridgehead atoms. The third kappa shape index (κ3) is 3.08. The van der Waals surface area contributed by atoms with Crippen molar-refractivity contribution in [1.82, 2.24) is 14.6 Å². The van der Waals surface area contributed by atoms with E-state index in [1.54, 1.807) is 13.1 Å². The van der Waals surface area contributed by atoms with Crippen molar-refractivity contribution in [3.05, 3.63) is 53.5 Å². The first-order valence-corrected chi connectivity index (χ1v) is 10.8. The molecule has 0 aliphatic carbocycles. The predicted octanol–water partition coefficient (Wildman–Crippen LogP) is 3.22. The van der Waals surface area contributed by atoms with E-state index in [-0.39, 0.29) is 16.6 Å². The summed E-state index contributed by atoms with van der Waals surface area (Å²) in [6, 6.07) is 8.72. The van der Waals surface area contributed by atoms with E-state index in [1.165, 1.54) is 19.4 Å². The van der Waals surface area contributed by atoms with Gasteiger partial charge in [-0.3, -0.25) is 5.41 Å². The second-order valence-corrected chi connectivity index (χ2v) is 9.79. The van der Waals surface area contributed by atoms with Crippen LogP contribution in [0.5, 0.6) is 0 Å². The first-order valence-electron chi connectivity index (χ1n) is 8.33. The van der Waals surface area contributed by atoms with Crippen LogP contribution in [0.1, 0.15) is 11.8 Å². The molecule has 7 nitrogen and oxygen atoms in total. The Morgan fingerprint density at radius 3 is 2.79 bits per heavy atom. The van der Waals surface area contributed by atoms with Crippen molar-refractivity contribution < 1.29 is 17.2 Å². The third-order valence-electron chi connectivity index (χ3n) is 4.61. The van der Waals surface area contributed by atoms with Crippen LogP contribution in [0.15, 0.2) is 47.2 Å². The maximum Gasteiger partial charge on any atom is 0.239 e. The number of hydrogen-bond donors (Lipinski definition) is 2. The SMILES string of the molecule is CN1C(=N)N[C@](C)(c2sc(-c3cccc(-c4ncco4)c3)cc2F)CS1(=O)=O. The Hall–Kier alpha value is -2.72. The molecule has 146 valence electrons. The predicted molar refractivity (Wildman–Crippen MR) is 105 cm³/mol. The zero-order valence-electron chi connectivity index (χ0n) is 15.1. The molecule has 28 heavy (non-hydrogen) atoms. The molecular formula is C18H17FN4O3S2. The highest BCUT2D eigenvalue weighted by molar-refractivity contribution is 7.89. The van der Waals surface area contributed by atoms with Gasteiger partial charge in [0.2, 0.25) is 21.9 Å². The molecule has 2 N–H and O–H groups in total. The maximum absolute atomic E-state index is 14.8. The minimum absolute atomic E-state index is 0.241. The van der Waals surface area contributed by atoms with Crippen LogP contribution in [0.4, 0.5) is 4.39 Å². The lowest BCUT2D eigenvalue weighted by molar-refractivity contribution is 0.411. The van der Waals surface area contributed by atoms with E-state index >= 15 is 0 Å². The summed E-state index contributed by atoms with van der Waals surface area (Å²) in [7, 11) is -2.41. The van der Waals surface area contributed by atoms with Crippen LogP contribution in [-0.2, 0) is 15.6 Å². The van der Waals surface area contributed by atoms with E-state index in [0.29, 0.717) is 10.8 Å². The quantitative estimate of drug-likeness (QED) is 0.678. The lowest BCUT2D eigenvalue weighted by Gasteiger charge is -2.39. The number of sulfonamides is 1. The van der Waals surface area contributed by atoms with Gasteiger partial charge in [0, 0.05) is 17.5 Å². The van der Waals surface area contributed by atoms with Crippen molar-refractivity contribution in [2.45, 2.75) is 12.5 Å². The van der Waals surface area contributed by atoms with Crippen molar-refractivity contribution in [2.75, 3.05) is 12.8 Å². The van der Waals surface area contributed by atoms with Crippen LogP contribution in [0, 0.1) is 11.2 Å². The van der Waals surface area contributed by atoms with Crippen molar-refractivity contribution >= 4 is 27.3 Å². The summed E-state index contributed by atoms with van der Waals surface area (Å²) < 4.78 is 45.7. The highest BCUT2D eigenvalue weighted by atomic mass is 32.2. The van der Waals surface area contributed by atoms with Gasteiger partial charge >= 0.3 is 0 Å². The van der Waals surface area contributed by atoms with Crippen LogP contribution in [0.3, 0.4) is 0 Å². The van der Waals surface area contributed by atoms with Crippen LogP contribution < -0.4 is 5.32 Å². The van der Waals surface area contributed by atoms with Gasteiger partial charge in [-0.1, -0.05) is 12.1 Å². The molecule has 10 heteroatoms. The number of benzene rings is 1. The van der Waals surface area contributed by atoms with Gasteiger partial charge in [0.1, 0.15) is 12.1 Å². The number of oxazole rings is 1. The lowest BCUT2D eigenvalue weighted by Crippen LogP contribution is -2.60. The van der Waals surface area contributed by atoms with Gasteiger partial charge in [-0.15, -0.1) is 11.3 Å². The summed E-state index contributed by atoms with van der Waals surface area (Å²) in [5, 5.41) is 10.7. The number of rotatable bonds is 3. The average Bonchev–Trinajstić information content (AvgIpc) is 3.29. The Morgan fingerprint density at radius 2 is 2.11 bits per heavy atom. The molecule has 3 aromatic rings. The molecule has 0 saturated carbocycles. The van der Waals surface area contributed by atoms with Gasteiger partial charge in [0.25, 0.3) is 0 Å². The summed E-state index contributed by atoms with van der Waals surface area (Å²) in [5.74, 6) is -0.674. The van der Waals surface area contributed by atoms with Crippen molar-refractivity contribution in [3.63, 3.8) is 0 Å². The average molecular weight is 420 g/mol.